The summed E-state index contributed by atoms with van der Waals surface area (Å²) < 4.78 is 2.07. The Morgan fingerprint density at radius 1 is 0.941 bits per heavy atom. The summed E-state index contributed by atoms with van der Waals surface area (Å²) in [6.07, 6.45) is 1.71. The Labute approximate surface area is 300 Å². The second-order valence-corrected chi connectivity index (χ2v) is 12.7. The van der Waals surface area contributed by atoms with E-state index in [0.717, 1.165) is 46.7 Å². The standard InChI is InChI=1S/C33H35B2N11O3.C2H6/c1-17-27-20-7-5-8-21(38-23-13-26(40-30(47)18-11-12-18)41-42-28(23)32(49)37-3)29(20)44(4)16-24(27)46(43-17)19-14-45(15-19)33(34,35)25-10-6-9-22(39-25)31(48)36-2;1-2/h5-10,13,18-19H,11-12,14-16H2,1-4H3,(H,36,48)(H,37,49)(H2,38,40,41,47);1-2H3. The Bertz CT molecular complexity index is 1990. The fraction of sp³-hybridized carbons (Fsp3) is 0.400. The van der Waals surface area contributed by atoms with Crippen LogP contribution in [0, 0.1) is 12.8 Å². The lowest BCUT2D eigenvalue weighted by Crippen LogP contribution is -2.60. The minimum atomic E-state index is -1.37. The minimum Gasteiger partial charge on any atom is -0.366 e. The molecule has 3 aliphatic rings. The first-order valence-corrected chi connectivity index (χ1v) is 17.1. The molecule has 3 amide bonds. The van der Waals surface area contributed by atoms with Gasteiger partial charge in [-0.3, -0.25) is 19.1 Å². The summed E-state index contributed by atoms with van der Waals surface area (Å²) in [7, 11) is 18.3. The van der Waals surface area contributed by atoms with Crippen molar-refractivity contribution in [2.75, 3.05) is 49.8 Å². The number of aromatic nitrogens is 5. The van der Waals surface area contributed by atoms with Gasteiger partial charge in [0.25, 0.3) is 11.8 Å². The first-order chi connectivity index (χ1) is 24.5. The highest BCUT2D eigenvalue weighted by atomic mass is 16.2. The summed E-state index contributed by atoms with van der Waals surface area (Å²) in [6, 6.07) is 12.7. The lowest BCUT2D eigenvalue weighted by atomic mass is 9.57. The number of benzene rings is 1. The van der Waals surface area contributed by atoms with Crippen molar-refractivity contribution < 1.29 is 14.4 Å². The molecule has 4 N–H and O–H groups in total. The van der Waals surface area contributed by atoms with Crippen LogP contribution in [0.25, 0.3) is 11.1 Å². The number of amides is 3. The Morgan fingerprint density at radius 2 is 1.65 bits per heavy atom. The quantitative estimate of drug-likeness (QED) is 0.193. The van der Waals surface area contributed by atoms with Gasteiger partial charge in [0.05, 0.1) is 56.7 Å². The summed E-state index contributed by atoms with van der Waals surface area (Å²) in [6.45, 7) is 7.66. The Morgan fingerprint density at radius 3 is 2.33 bits per heavy atom. The van der Waals surface area contributed by atoms with Gasteiger partial charge in [-0.05, 0) is 43.3 Å². The number of fused-ring (bicyclic) bond motifs is 3. The summed E-state index contributed by atoms with van der Waals surface area (Å²) >= 11 is 0. The number of anilines is 4. The number of hydrogen-bond donors (Lipinski definition) is 4. The molecule has 1 aromatic carbocycles. The van der Waals surface area contributed by atoms with Crippen molar-refractivity contribution >= 4 is 56.3 Å². The van der Waals surface area contributed by atoms with Crippen LogP contribution in [-0.4, -0.2) is 97.5 Å². The summed E-state index contributed by atoms with van der Waals surface area (Å²) in [5.41, 5.74) is 6.83. The van der Waals surface area contributed by atoms with Crippen LogP contribution < -0.4 is 26.2 Å². The molecule has 1 aliphatic carbocycles. The van der Waals surface area contributed by atoms with Crippen molar-refractivity contribution in [2.24, 2.45) is 5.92 Å². The largest absolute Gasteiger partial charge is 0.366 e. The first-order valence-electron chi connectivity index (χ1n) is 17.1. The highest BCUT2D eigenvalue weighted by Crippen LogP contribution is 2.46. The van der Waals surface area contributed by atoms with Crippen LogP contribution in [-0.2, 0) is 16.7 Å². The number of pyridine rings is 1. The van der Waals surface area contributed by atoms with E-state index in [2.05, 4.69) is 52.1 Å². The van der Waals surface area contributed by atoms with Gasteiger partial charge in [-0.2, -0.15) is 5.10 Å². The Balaban J connectivity index is 0.00000220. The SMILES string of the molecule is CC.[B]C([B])(c1cccc(C(=O)NC)n1)N1CC(n2nc(C)c3c2CN(C)c2c(Nc4cc(NC(=O)C5CC5)nnc4C(=O)NC)cccc2-3)C1. The summed E-state index contributed by atoms with van der Waals surface area (Å²) in [4.78, 5) is 45.8. The highest BCUT2D eigenvalue weighted by Gasteiger charge is 2.42. The average Bonchev–Trinajstić information content (AvgIpc) is 3.92. The number of carbonyl (C=O) groups excluding carboxylic acids is 3. The van der Waals surface area contributed by atoms with E-state index < -0.39 is 11.2 Å². The number of carbonyl (C=O) groups is 3. The topological polar surface area (TPSA) is 162 Å². The summed E-state index contributed by atoms with van der Waals surface area (Å²) in [5, 5.41) is 23.3. The molecule has 0 spiro atoms. The molecule has 2 aliphatic heterocycles. The van der Waals surface area contributed by atoms with Gasteiger partial charge in [0.15, 0.2) is 11.5 Å². The molecule has 7 rings (SSSR count). The first kappa shape index (κ1) is 35.6. The smallest absolute Gasteiger partial charge is 0.273 e. The number of aryl methyl sites for hydroxylation is 1. The van der Waals surface area contributed by atoms with E-state index in [-0.39, 0.29) is 41.0 Å². The zero-order valence-electron chi connectivity index (χ0n) is 29.7. The van der Waals surface area contributed by atoms with Crippen LogP contribution >= 0.6 is 0 Å². The van der Waals surface area contributed by atoms with Crippen molar-refractivity contribution in [1.29, 1.82) is 0 Å². The van der Waals surface area contributed by atoms with Gasteiger partial charge >= 0.3 is 0 Å². The third-order valence-electron chi connectivity index (χ3n) is 9.31. The number of nitrogens with zero attached hydrogens (tertiary/aromatic N) is 7. The van der Waals surface area contributed by atoms with Crippen LogP contribution in [0.2, 0.25) is 0 Å². The maximum absolute atomic E-state index is 12.8. The number of likely N-dealkylation sites (tertiary alicyclic amines) is 1. The fourth-order valence-corrected chi connectivity index (χ4v) is 6.50. The number of hydrogen-bond acceptors (Lipinski definition) is 10. The van der Waals surface area contributed by atoms with E-state index in [1.807, 2.05) is 44.9 Å². The number of para-hydroxylation sites is 1. The van der Waals surface area contributed by atoms with Crippen LogP contribution in [0.1, 0.15) is 70.8 Å². The second kappa shape index (κ2) is 14.2. The van der Waals surface area contributed by atoms with E-state index in [4.69, 9.17) is 20.8 Å². The third-order valence-corrected chi connectivity index (χ3v) is 9.31. The van der Waals surface area contributed by atoms with Gasteiger partial charge in [0.2, 0.25) is 5.91 Å². The molecule has 4 aromatic rings. The molecule has 0 atom stereocenters. The molecule has 260 valence electrons. The average molecular weight is 685 g/mol. The van der Waals surface area contributed by atoms with Gasteiger partial charge in [-0.15, -0.1) is 10.2 Å². The molecule has 4 radical (unpaired) electrons. The predicted octanol–water partition coefficient (Wildman–Crippen LogP) is 2.84. The van der Waals surface area contributed by atoms with Crippen molar-refractivity contribution in [3.63, 3.8) is 0 Å². The molecular formula is C35H41B2N11O3. The van der Waals surface area contributed by atoms with E-state index in [0.29, 0.717) is 31.0 Å². The highest BCUT2D eigenvalue weighted by molar-refractivity contribution is 6.39. The maximum Gasteiger partial charge on any atom is 0.273 e. The monoisotopic (exact) mass is 685 g/mol. The molecule has 51 heavy (non-hydrogen) atoms. The van der Waals surface area contributed by atoms with Crippen LogP contribution in [0.5, 0.6) is 0 Å². The molecule has 16 heteroatoms. The van der Waals surface area contributed by atoms with Crippen LogP contribution in [0.4, 0.5) is 22.9 Å². The van der Waals surface area contributed by atoms with Crippen molar-refractivity contribution in [3.05, 3.63) is 70.9 Å². The molecule has 2 fully saturated rings. The van der Waals surface area contributed by atoms with Gasteiger partial charge < -0.3 is 31.1 Å². The van der Waals surface area contributed by atoms with Gasteiger partial charge in [0.1, 0.15) is 5.69 Å². The Hall–Kier alpha value is -5.24. The number of rotatable bonds is 9. The number of nitrogens with one attached hydrogen (secondary N) is 4. The molecule has 5 heterocycles. The normalized spacial score (nSPS) is 15.4. The minimum absolute atomic E-state index is 0.00881. The lowest BCUT2D eigenvalue weighted by Gasteiger charge is -2.50. The predicted molar refractivity (Wildman–Crippen MR) is 197 cm³/mol. The van der Waals surface area contributed by atoms with E-state index >= 15 is 0 Å². The molecule has 14 nitrogen and oxygen atoms in total. The molecule has 1 saturated carbocycles. The van der Waals surface area contributed by atoms with Gasteiger partial charge in [0, 0.05) is 63.0 Å². The zero-order chi connectivity index (χ0) is 36.6. The van der Waals surface area contributed by atoms with Crippen molar-refractivity contribution in [3.8, 4) is 11.1 Å². The molecular weight excluding hydrogens is 644 g/mol. The molecule has 3 aromatic heterocycles. The zero-order valence-corrected chi connectivity index (χ0v) is 29.7. The molecule has 0 bridgehead atoms. The fourth-order valence-electron chi connectivity index (χ4n) is 6.50. The van der Waals surface area contributed by atoms with E-state index in [9.17, 15) is 14.4 Å². The molecule has 0 unspecified atom stereocenters. The van der Waals surface area contributed by atoms with Crippen LogP contribution in [0.3, 0.4) is 0 Å². The van der Waals surface area contributed by atoms with E-state index in [1.54, 1.807) is 31.3 Å². The summed E-state index contributed by atoms with van der Waals surface area (Å²) in [5.74, 6) is -0.559. The Kier molecular flexibility index (Phi) is 9.89. The third kappa shape index (κ3) is 6.67. The lowest BCUT2D eigenvalue weighted by molar-refractivity contribution is -0.117. The van der Waals surface area contributed by atoms with Crippen molar-refractivity contribution in [2.45, 2.75) is 51.5 Å². The second-order valence-electron chi connectivity index (χ2n) is 12.7. The van der Waals surface area contributed by atoms with Gasteiger partial charge in [-0.25, -0.2) is 4.98 Å². The van der Waals surface area contributed by atoms with Crippen LogP contribution in [0.15, 0.2) is 42.5 Å². The van der Waals surface area contributed by atoms with Gasteiger partial charge in [-0.1, -0.05) is 32.0 Å². The van der Waals surface area contributed by atoms with Crippen molar-refractivity contribution in [1.82, 2.24) is 40.5 Å². The molecule has 1 saturated heterocycles. The van der Waals surface area contributed by atoms with E-state index in [1.165, 1.54) is 7.05 Å². The maximum atomic E-state index is 12.8.